The summed E-state index contributed by atoms with van der Waals surface area (Å²) in [6, 6.07) is 21.2. The topological polar surface area (TPSA) is 37.3 Å². The van der Waals surface area contributed by atoms with E-state index in [9.17, 15) is 4.79 Å². The highest BCUT2D eigenvalue weighted by Crippen LogP contribution is 2.29. The fourth-order valence-corrected chi connectivity index (χ4v) is 5.13. The van der Waals surface area contributed by atoms with E-state index in [1.807, 2.05) is 31.2 Å². The number of hydrogen-bond donors (Lipinski definition) is 1. The number of hydrogen-bond acceptors (Lipinski definition) is 2. The molecule has 4 nitrogen and oxygen atoms in total. The van der Waals surface area contributed by atoms with Crippen molar-refractivity contribution in [2.75, 3.05) is 19.6 Å². The Morgan fingerprint density at radius 1 is 0.969 bits per heavy atom. The van der Waals surface area contributed by atoms with Gasteiger partial charge >= 0.3 is 0 Å². The minimum Gasteiger partial charge on any atom is -0.350 e. The van der Waals surface area contributed by atoms with Gasteiger partial charge in [0.2, 0.25) is 0 Å². The Kier molecular flexibility index (Phi) is 5.71. The zero-order chi connectivity index (χ0) is 22.1. The second-order valence-corrected chi connectivity index (χ2v) is 9.10. The molecule has 4 heteroatoms. The van der Waals surface area contributed by atoms with Gasteiger partial charge in [0, 0.05) is 55.3 Å². The number of aryl methyl sites for hydroxylation is 2. The summed E-state index contributed by atoms with van der Waals surface area (Å²) in [6.07, 6.45) is 5.37. The van der Waals surface area contributed by atoms with Crippen molar-refractivity contribution in [1.82, 2.24) is 14.8 Å². The molecule has 4 aromatic rings. The quantitative estimate of drug-likeness (QED) is 0.484. The van der Waals surface area contributed by atoms with Gasteiger partial charge in [-0.15, -0.1) is 0 Å². The van der Waals surface area contributed by atoms with E-state index in [1.54, 1.807) is 0 Å². The van der Waals surface area contributed by atoms with Crippen molar-refractivity contribution in [1.29, 1.82) is 0 Å². The number of fused-ring (bicyclic) bond motifs is 3. The molecule has 0 saturated carbocycles. The summed E-state index contributed by atoms with van der Waals surface area (Å²) in [5, 5.41) is 7.23. The van der Waals surface area contributed by atoms with Crippen molar-refractivity contribution < 1.29 is 4.79 Å². The Balaban J connectivity index is 1.19. The van der Waals surface area contributed by atoms with Crippen LogP contribution >= 0.6 is 0 Å². The first-order valence-corrected chi connectivity index (χ1v) is 11.6. The van der Waals surface area contributed by atoms with Gasteiger partial charge in [0.1, 0.15) is 0 Å². The average Bonchev–Trinajstić information content (AvgIpc) is 3.15. The third-order valence-corrected chi connectivity index (χ3v) is 6.96. The number of carbonyl (C=O) groups is 1. The van der Waals surface area contributed by atoms with E-state index < -0.39 is 0 Å². The molecular weight excluding hydrogens is 394 g/mol. The molecule has 1 fully saturated rings. The second kappa shape index (κ2) is 8.79. The SMILES string of the molecule is Cc1ccccc1C(=O)NC1CCN(CCc2cn(C)c3c2ccc2ccccc23)CC1. The van der Waals surface area contributed by atoms with Crippen LogP contribution in [0.15, 0.2) is 66.9 Å². The number of aromatic nitrogens is 1. The number of carbonyl (C=O) groups excluding carboxylic acids is 1. The molecular formula is C28H31N3O. The number of benzene rings is 3. The Morgan fingerprint density at radius 3 is 2.53 bits per heavy atom. The summed E-state index contributed by atoms with van der Waals surface area (Å²) in [7, 11) is 2.15. The maximum absolute atomic E-state index is 12.6. The molecule has 0 unspecified atom stereocenters. The van der Waals surface area contributed by atoms with Gasteiger partial charge in [0.25, 0.3) is 5.91 Å². The van der Waals surface area contributed by atoms with Gasteiger partial charge in [0.15, 0.2) is 0 Å². The highest BCUT2D eigenvalue weighted by Gasteiger charge is 2.22. The van der Waals surface area contributed by atoms with Gasteiger partial charge in [0.05, 0.1) is 5.52 Å². The third kappa shape index (κ3) is 4.03. The Hall–Kier alpha value is -3.11. The predicted octanol–water partition coefficient (Wildman–Crippen LogP) is 5.08. The second-order valence-electron chi connectivity index (χ2n) is 9.10. The number of likely N-dealkylation sites (tertiary alicyclic amines) is 1. The monoisotopic (exact) mass is 425 g/mol. The lowest BCUT2D eigenvalue weighted by atomic mass is 10.0. The molecule has 1 saturated heterocycles. The molecule has 0 spiro atoms. The Morgan fingerprint density at radius 2 is 1.72 bits per heavy atom. The number of piperidine rings is 1. The summed E-state index contributed by atoms with van der Waals surface area (Å²) in [5.74, 6) is 0.0598. The van der Waals surface area contributed by atoms with Gasteiger partial charge in [-0.25, -0.2) is 0 Å². The predicted molar refractivity (Wildman–Crippen MR) is 132 cm³/mol. The van der Waals surface area contributed by atoms with Crippen molar-refractivity contribution in [3.05, 3.63) is 83.6 Å². The van der Waals surface area contributed by atoms with Gasteiger partial charge in [-0.3, -0.25) is 4.79 Å². The van der Waals surface area contributed by atoms with Gasteiger partial charge in [-0.1, -0.05) is 54.6 Å². The molecule has 32 heavy (non-hydrogen) atoms. The number of amides is 1. The fraction of sp³-hybridized carbons (Fsp3) is 0.321. The zero-order valence-electron chi connectivity index (χ0n) is 19.0. The fourth-order valence-electron chi connectivity index (χ4n) is 5.13. The number of rotatable bonds is 5. The van der Waals surface area contributed by atoms with E-state index in [0.29, 0.717) is 0 Å². The van der Waals surface area contributed by atoms with E-state index in [-0.39, 0.29) is 11.9 Å². The summed E-state index contributed by atoms with van der Waals surface area (Å²) in [5.41, 5.74) is 4.57. The first-order valence-electron chi connectivity index (χ1n) is 11.6. The zero-order valence-corrected chi connectivity index (χ0v) is 19.0. The molecule has 0 radical (unpaired) electrons. The Bertz CT molecular complexity index is 1260. The summed E-state index contributed by atoms with van der Waals surface area (Å²) in [4.78, 5) is 15.2. The van der Waals surface area contributed by atoms with Crippen LogP contribution in [-0.4, -0.2) is 41.1 Å². The molecule has 1 aliphatic heterocycles. The van der Waals surface area contributed by atoms with Crippen LogP contribution in [0, 0.1) is 6.92 Å². The van der Waals surface area contributed by atoms with Crippen LogP contribution in [0.1, 0.15) is 34.3 Å². The van der Waals surface area contributed by atoms with Gasteiger partial charge < -0.3 is 14.8 Å². The van der Waals surface area contributed by atoms with Crippen molar-refractivity contribution >= 4 is 27.6 Å². The first kappa shape index (κ1) is 20.8. The molecule has 0 aliphatic carbocycles. The van der Waals surface area contributed by atoms with Crippen LogP contribution in [0.2, 0.25) is 0 Å². The summed E-state index contributed by atoms with van der Waals surface area (Å²) < 4.78 is 2.28. The first-order chi connectivity index (χ1) is 15.6. The van der Waals surface area contributed by atoms with E-state index in [1.165, 1.54) is 27.2 Å². The highest BCUT2D eigenvalue weighted by molar-refractivity contribution is 6.07. The van der Waals surface area contributed by atoms with E-state index in [0.717, 1.165) is 50.0 Å². The maximum Gasteiger partial charge on any atom is 0.251 e. The van der Waals surface area contributed by atoms with E-state index >= 15 is 0 Å². The van der Waals surface area contributed by atoms with E-state index in [2.05, 4.69) is 64.4 Å². The molecule has 1 aromatic heterocycles. The van der Waals surface area contributed by atoms with Crippen molar-refractivity contribution in [2.24, 2.45) is 7.05 Å². The molecule has 1 amide bonds. The van der Waals surface area contributed by atoms with Crippen LogP contribution in [0.25, 0.3) is 21.7 Å². The molecule has 0 atom stereocenters. The molecule has 1 N–H and O–H groups in total. The standard InChI is InChI=1S/C28H31N3O/c1-20-7-3-5-9-24(20)28(32)29-23-14-17-31(18-15-23)16-13-22-19-30(2)27-25-10-6-4-8-21(25)11-12-26(22)27/h3-12,19,23H,13-18H2,1-2H3,(H,29,32). The van der Waals surface area contributed by atoms with Crippen LogP contribution < -0.4 is 5.32 Å². The lowest BCUT2D eigenvalue weighted by molar-refractivity contribution is 0.0911. The van der Waals surface area contributed by atoms with Crippen LogP contribution in [0.5, 0.6) is 0 Å². The molecule has 164 valence electrons. The molecule has 2 heterocycles. The van der Waals surface area contributed by atoms with Crippen molar-refractivity contribution in [3.8, 4) is 0 Å². The minimum absolute atomic E-state index is 0.0598. The summed E-state index contributed by atoms with van der Waals surface area (Å²) >= 11 is 0. The highest BCUT2D eigenvalue weighted by atomic mass is 16.1. The Labute approximate surface area is 189 Å². The molecule has 0 bridgehead atoms. The van der Waals surface area contributed by atoms with Gasteiger partial charge in [-0.2, -0.15) is 0 Å². The van der Waals surface area contributed by atoms with Crippen LogP contribution in [0.3, 0.4) is 0 Å². The third-order valence-electron chi connectivity index (χ3n) is 6.96. The largest absolute Gasteiger partial charge is 0.350 e. The normalized spacial score (nSPS) is 15.4. The van der Waals surface area contributed by atoms with Crippen LogP contribution in [-0.2, 0) is 13.5 Å². The smallest absolute Gasteiger partial charge is 0.251 e. The van der Waals surface area contributed by atoms with Crippen LogP contribution in [0.4, 0.5) is 0 Å². The van der Waals surface area contributed by atoms with Crippen molar-refractivity contribution in [2.45, 2.75) is 32.2 Å². The molecule has 5 rings (SSSR count). The average molecular weight is 426 g/mol. The lowest BCUT2D eigenvalue weighted by Crippen LogP contribution is -2.45. The summed E-state index contributed by atoms with van der Waals surface area (Å²) in [6.45, 7) is 5.12. The van der Waals surface area contributed by atoms with Gasteiger partial charge in [-0.05, 0) is 48.8 Å². The molecule has 1 aliphatic rings. The number of nitrogens with zero attached hydrogens (tertiary/aromatic N) is 2. The van der Waals surface area contributed by atoms with Crippen molar-refractivity contribution in [3.63, 3.8) is 0 Å². The minimum atomic E-state index is 0.0598. The van der Waals surface area contributed by atoms with E-state index in [4.69, 9.17) is 0 Å². The number of nitrogens with one attached hydrogen (secondary N) is 1. The lowest BCUT2D eigenvalue weighted by Gasteiger charge is -2.32. The molecule has 3 aromatic carbocycles. The maximum atomic E-state index is 12.6.